The molecule has 3 N–H and O–H groups in total. The van der Waals surface area contributed by atoms with Crippen molar-refractivity contribution in [1.29, 1.82) is 0 Å². The third-order valence-electron chi connectivity index (χ3n) is 2.20. The fourth-order valence-corrected chi connectivity index (χ4v) is 1.32. The predicted molar refractivity (Wildman–Crippen MR) is 63.8 cm³/mol. The van der Waals surface area contributed by atoms with Gasteiger partial charge in [-0.1, -0.05) is 19.1 Å². The van der Waals surface area contributed by atoms with Crippen molar-refractivity contribution in [3.05, 3.63) is 35.4 Å². The van der Waals surface area contributed by atoms with Crippen LogP contribution in [-0.2, 0) is 11.3 Å². The molecule has 1 rings (SSSR count). The molecule has 5 nitrogen and oxygen atoms in total. The number of hydrogen-bond donors (Lipinski definition) is 3. The molecule has 5 heteroatoms. The highest BCUT2D eigenvalue weighted by Gasteiger charge is 2.04. The molecule has 0 aliphatic carbocycles. The van der Waals surface area contributed by atoms with Crippen molar-refractivity contribution in [3.63, 3.8) is 0 Å². The van der Waals surface area contributed by atoms with Gasteiger partial charge in [-0.2, -0.15) is 0 Å². The zero-order chi connectivity index (χ0) is 12.7. The number of carboxylic acids is 1. The van der Waals surface area contributed by atoms with E-state index in [9.17, 15) is 9.59 Å². The van der Waals surface area contributed by atoms with Crippen LogP contribution in [0, 0.1) is 0 Å². The van der Waals surface area contributed by atoms with E-state index in [4.69, 9.17) is 5.11 Å². The SMILES string of the molecule is CCNCC(=O)NCc1cccc(C(=O)O)c1. The van der Waals surface area contributed by atoms with Gasteiger partial charge in [0.1, 0.15) is 0 Å². The summed E-state index contributed by atoms with van der Waals surface area (Å²) >= 11 is 0. The van der Waals surface area contributed by atoms with E-state index in [1.165, 1.54) is 6.07 Å². The summed E-state index contributed by atoms with van der Waals surface area (Å²) in [5, 5.41) is 14.4. The van der Waals surface area contributed by atoms with Crippen LogP contribution in [0.4, 0.5) is 0 Å². The van der Waals surface area contributed by atoms with E-state index in [1.807, 2.05) is 6.92 Å². The lowest BCUT2D eigenvalue weighted by atomic mass is 10.1. The number of carbonyl (C=O) groups excluding carboxylic acids is 1. The summed E-state index contributed by atoms with van der Waals surface area (Å²) in [6.45, 7) is 3.27. The molecule has 0 aromatic heterocycles. The van der Waals surface area contributed by atoms with Gasteiger partial charge in [-0.3, -0.25) is 4.79 Å². The van der Waals surface area contributed by atoms with Crippen LogP contribution in [-0.4, -0.2) is 30.1 Å². The van der Waals surface area contributed by atoms with E-state index in [0.717, 1.165) is 12.1 Å². The van der Waals surface area contributed by atoms with Crippen LogP contribution in [0.15, 0.2) is 24.3 Å². The number of carbonyl (C=O) groups is 2. The van der Waals surface area contributed by atoms with E-state index >= 15 is 0 Å². The summed E-state index contributed by atoms with van der Waals surface area (Å²) in [6, 6.07) is 6.51. The first-order chi connectivity index (χ1) is 8.13. The standard InChI is InChI=1S/C12H16N2O3/c1-2-13-8-11(15)14-7-9-4-3-5-10(6-9)12(16)17/h3-6,13H,2,7-8H2,1H3,(H,14,15)(H,16,17). The molecule has 0 radical (unpaired) electrons. The highest BCUT2D eigenvalue weighted by Crippen LogP contribution is 2.04. The first-order valence-corrected chi connectivity index (χ1v) is 5.43. The Morgan fingerprint density at radius 3 is 2.76 bits per heavy atom. The molecule has 17 heavy (non-hydrogen) atoms. The lowest BCUT2D eigenvalue weighted by Gasteiger charge is -2.06. The largest absolute Gasteiger partial charge is 0.478 e. The fourth-order valence-electron chi connectivity index (χ4n) is 1.32. The number of likely N-dealkylation sites (N-methyl/N-ethyl adjacent to an activating group) is 1. The molecule has 1 aromatic rings. The number of carboxylic acid groups (broad SMARTS) is 1. The van der Waals surface area contributed by atoms with Gasteiger partial charge in [-0.15, -0.1) is 0 Å². The molecule has 0 saturated carbocycles. The Hall–Kier alpha value is -1.88. The summed E-state index contributed by atoms with van der Waals surface area (Å²) in [6.07, 6.45) is 0. The molecule has 0 spiro atoms. The monoisotopic (exact) mass is 236 g/mol. The summed E-state index contributed by atoms with van der Waals surface area (Å²) in [5.74, 6) is -1.07. The van der Waals surface area contributed by atoms with Gasteiger partial charge < -0.3 is 15.7 Å². The number of hydrogen-bond acceptors (Lipinski definition) is 3. The Balaban J connectivity index is 2.49. The van der Waals surface area contributed by atoms with Crippen molar-refractivity contribution in [1.82, 2.24) is 10.6 Å². The minimum Gasteiger partial charge on any atom is -0.478 e. The Kier molecular flexibility index (Phi) is 5.16. The normalized spacial score (nSPS) is 9.94. The molecule has 0 unspecified atom stereocenters. The van der Waals surface area contributed by atoms with E-state index in [1.54, 1.807) is 18.2 Å². The van der Waals surface area contributed by atoms with Crippen LogP contribution in [0.2, 0.25) is 0 Å². The maximum atomic E-state index is 11.3. The third kappa shape index (κ3) is 4.65. The number of aromatic carboxylic acids is 1. The Morgan fingerprint density at radius 2 is 2.12 bits per heavy atom. The van der Waals surface area contributed by atoms with Gasteiger partial charge in [0.2, 0.25) is 5.91 Å². The Labute approximate surface area is 99.8 Å². The van der Waals surface area contributed by atoms with E-state index in [0.29, 0.717) is 6.54 Å². The van der Waals surface area contributed by atoms with Crippen LogP contribution in [0.25, 0.3) is 0 Å². The topological polar surface area (TPSA) is 78.4 Å². The molecule has 0 fully saturated rings. The van der Waals surface area contributed by atoms with Gasteiger partial charge in [-0.05, 0) is 24.2 Å². The highest BCUT2D eigenvalue weighted by molar-refractivity contribution is 5.87. The van der Waals surface area contributed by atoms with Crippen LogP contribution >= 0.6 is 0 Å². The lowest BCUT2D eigenvalue weighted by Crippen LogP contribution is -2.33. The van der Waals surface area contributed by atoms with Crippen molar-refractivity contribution < 1.29 is 14.7 Å². The van der Waals surface area contributed by atoms with E-state index in [-0.39, 0.29) is 18.0 Å². The van der Waals surface area contributed by atoms with Crippen molar-refractivity contribution >= 4 is 11.9 Å². The molecule has 92 valence electrons. The summed E-state index contributed by atoms with van der Waals surface area (Å²) in [4.78, 5) is 22.0. The zero-order valence-corrected chi connectivity index (χ0v) is 9.69. The van der Waals surface area contributed by atoms with Crippen LogP contribution < -0.4 is 10.6 Å². The number of rotatable bonds is 6. The molecule has 0 aliphatic heterocycles. The molecule has 0 heterocycles. The third-order valence-corrected chi connectivity index (χ3v) is 2.20. The van der Waals surface area contributed by atoms with E-state index in [2.05, 4.69) is 10.6 Å². The molecular weight excluding hydrogens is 220 g/mol. The van der Waals surface area contributed by atoms with Gasteiger partial charge >= 0.3 is 5.97 Å². The minimum absolute atomic E-state index is 0.104. The first-order valence-electron chi connectivity index (χ1n) is 5.43. The molecule has 0 atom stereocenters. The van der Waals surface area contributed by atoms with Gasteiger partial charge in [0.05, 0.1) is 12.1 Å². The highest BCUT2D eigenvalue weighted by atomic mass is 16.4. The molecule has 0 aliphatic rings. The molecular formula is C12H16N2O3. The van der Waals surface area contributed by atoms with Crippen molar-refractivity contribution in [2.45, 2.75) is 13.5 Å². The number of amides is 1. The average Bonchev–Trinajstić information content (AvgIpc) is 2.34. The van der Waals surface area contributed by atoms with Crippen molar-refractivity contribution in [2.75, 3.05) is 13.1 Å². The maximum absolute atomic E-state index is 11.3. The molecule has 0 bridgehead atoms. The quantitative estimate of drug-likeness (QED) is 0.676. The molecule has 1 aromatic carbocycles. The Bertz CT molecular complexity index is 404. The van der Waals surface area contributed by atoms with Crippen molar-refractivity contribution in [3.8, 4) is 0 Å². The van der Waals surface area contributed by atoms with Gasteiger partial charge in [0, 0.05) is 6.54 Å². The summed E-state index contributed by atoms with van der Waals surface area (Å²) in [5.41, 5.74) is 0.998. The smallest absolute Gasteiger partial charge is 0.335 e. The average molecular weight is 236 g/mol. The fraction of sp³-hybridized carbons (Fsp3) is 0.333. The predicted octanol–water partition coefficient (Wildman–Crippen LogP) is 0.610. The van der Waals surface area contributed by atoms with Gasteiger partial charge in [0.15, 0.2) is 0 Å². The first kappa shape index (κ1) is 13.2. The molecule has 0 saturated heterocycles. The second-order valence-electron chi connectivity index (χ2n) is 3.56. The van der Waals surface area contributed by atoms with Crippen LogP contribution in [0.3, 0.4) is 0 Å². The minimum atomic E-state index is -0.967. The Morgan fingerprint density at radius 1 is 1.35 bits per heavy atom. The van der Waals surface area contributed by atoms with Gasteiger partial charge in [0.25, 0.3) is 0 Å². The second-order valence-corrected chi connectivity index (χ2v) is 3.56. The van der Waals surface area contributed by atoms with E-state index < -0.39 is 5.97 Å². The second kappa shape index (κ2) is 6.65. The molecule has 1 amide bonds. The summed E-state index contributed by atoms with van der Waals surface area (Å²) in [7, 11) is 0. The maximum Gasteiger partial charge on any atom is 0.335 e. The summed E-state index contributed by atoms with van der Waals surface area (Å²) < 4.78 is 0. The van der Waals surface area contributed by atoms with Crippen molar-refractivity contribution in [2.24, 2.45) is 0 Å². The number of benzene rings is 1. The lowest BCUT2D eigenvalue weighted by molar-refractivity contribution is -0.120. The van der Waals surface area contributed by atoms with Crippen LogP contribution in [0.5, 0.6) is 0 Å². The zero-order valence-electron chi connectivity index (χ0n) is 9.69. The number of nitrogens with one attached hydrogen (secondary N) is 2. The van der Waals surface area contributed by atoms with Crippen LogP contribution in [0.1, 0.15) is 22.8 Å². The van der Waals surface area contributed by atoms with Gasteiger partial charge in [-0.25, -0.2) is 4.79 Å².